The number of aliphatic hydroxyl groups is 1. The average molecular weight is 402 g/mol. The third-order valence-electron chi connectivity index (χ3n) is 6.36. The average Bonchev–Trinajstić information content (AvgIpc) is 3.29. The molecule has 4 heterocycles. The van der Waals surface area contributed by atoms with Crippen molar-refractivity contribution in [1.29, 1.82) is 0 Å². The number of ether oxygens (including phenoxy) is 1. The molecule has 2 aliphatic heterocycles. The maximum absolute atomic E-state index is 12.7. The molecule has 0 saturated carbocycles. The summed E-state index contributed by atoms with van der Waals surface area (Å²) < 4.78 is 13.6. The first-order chi connectivity index (χ1) is 13.9. The second-order valence-corrected chi connectivity index (χ2v) is 8.23. The Morgan fingerprint density at radius 3 is 2.62 bits per heavy atom. The summed E-state index contributed by atoms with van der Waals surface area (Å²) in [5.74, 6) is 0.585. The zero-order chi connectivity index (χ0) is 20.6. The van der Waals surface area contributed by atoms with E-state index in [1.165, 1.54) is 11.3 Å². The molecule has 8 nitrogen and oxygen atoms in total. The van der Waals surface area contributed by atoms with Gasteiger partial charge in [0.15, 0.2) is 5.76 Å². The lowest BCUT2D eigenvalue weighted by Gasteiger charge is -2.47. The van der Waals surface area contributed by atoms with Gasteiger partial charge in [-0.1, -0.05) is 0 Å². The van der Waals surface area contributed by atoms with Gasteiger partial charge in [0.1, 0.15) is 12.4 Å². The fourth-order valence-corrected chi connectivity index (χ4v) is 4.48. The van der Waals surface area contributed by atoms with Crippen molar-refractivity contribution in [3.8, 4) is 0 Å². The Morgan fingerprint density at radius 1 is 1.24 bits per heavy atom. The number of rotatable bonds is 4. The van der Waals surface area contributed by atoms with Gasteiger partial charge in [-0.3, -0.25) is 14.4 Å². The highest BCUT2D eigenvalue weighted by atomic mass is 16.5. The number of nitrogens with zero attached hydrogens (tertiary/aromatic N) is 4. The van der Waals surface area contributed by atoms with E-state index in [1.54, 1.807) is 12.1 Å². The van der Waals surface area contributed by atoms with E-state index >= 15 is 0 Å². The Kier molecular flexibility index (Phi) is 5.50. The van der Waals surface area contributed by atoms with E-state index in [9.17, 15) is 4.79 Å². The molecule has 1 spiro atoms. The van der Waals surface area contributed by atoms with Crippen LogP contribution >= 0.6 is 0 Å². The number of aliphatic hydroxyl groups excluding tert-OH is 1. The van der Waals surface area contributed by atoms with Gasteiger partial charge in [0.25, 0.3) is 5.91 Å². The van der Waals surface area contributed by atoms with Gasteiger partial charge in [0.05, 0.1) is 17.9 Å². The predicted molar refractivity (Wildman–Crippen MR) is 106 cm³/mol. The number of likely N-dealkylation sites (tertiary alicyclic amines) is 1. The molecular formula is C21H30N4O4. The van der Waals surface area contributed by atoms with Crippen LogP contribution in [-0.4, -0.2) is 69.0 Å². The number of hydrogen-bond donors (Lipinski definition) is 1. The maximum Gasteiger partial charge on any atom is 0.289 e. The van der Waals surface area contributed by atoms with Crippen LogP contribution in [0, 0.1) is 13.8 Å². The number of furan rings is 1. The molecule has 0 radical (unpaired) electrons. The topological polar surface area (TPSA) is 84.0 Å². The van der Waals surface area contributed by atoms with Crippen LogP contribution in [0.5, 0.6) is 0 Å². The maximum atomic E-state index is 12.7. The molecule has 2 aromatic heterocycles. The van der Waals surface area contributed by atoms with E-state index in [2.05, 4.69) is 23.8 Å². The molecule has 2 fully saturated rings. The van der Waals surface area contributed by atoms with Crippen molar-refractivity contribution in [3.05, 3.63) is 40.6 Å². The second-order valence-electron chi connectivity index (χ2n) is 8.23. The van der Waals surface area contributed by atoms with Gasteiger partial charge in [-0.2, -0.15) is 5.10 Å². The van der Waals surface area contributed by atoms with Crippen LogP contribution in [0.15, 0.2) is 16.5 Å². The molecule has 8 heteroatoms. The Balaban J connectivity index is 1.38. The minimum absolute atomic E-state index is 0.117. The zero-order valence-corrected chi connectivity index (χ0v) is 17.5. The van der Waals surface area contributed by atoms with Crippen LogP contribution in [0.4, 0.5) is 0 Å². The number of carbonyl (C=O) groups is 1. The van der Waals surface area contributed by atoms with Crippen molar-refractivity contribution in [2.45, 2.75) is 45.4 Å². The Hall–Kier alpha value is -2.16. The van der Waals surface area contributed by atoms with Gasteiger partial charge in [-0.15, -0.1) is 0 Å². The van der Waals surface area contributed by atoms with Gasteiger partial charge in [0.2, 0.25) is 0 Å². The summed E-state index contributed by atoms with van der Waals surface area (Å²) in [5.41, 5.74) is 3.41. The van der Waals surface area contributed by atoms with E-state index in [-0.39, 0.29) is 18.1 Å². The monoisotopic (exact) mass is 402 g/mol. The van der Waals surface area contributed by atoms with Gasteiger partial charge in [0, 0.05) is 51.0 Å². The molecule has 1 N–H and O–H groups in total. The second kappa shape index (κ2) is 7.93. The van der Waals surface area contributed by atoms with Crippen LogP contribution in [-0.2, 0) is 24.9 Å². The smallest absolute Gasteiger partial charge is 0.289 e. The van der Waals surface area contributed by atoms with E-state index in [4.69, 9.17) is 14.3 Å². The SMILES string of the molecule is Cc1nn(C)c(C)c1CN1CCOC2(CCN(C(=O)c3ccc(CO)o3)CC2)C1. The fourth-order valence-electron chi connectivity index (χ4n) is 4.48. The molecule has 0 bridgehead atoms. The summed E-state index contributed by atoms with van der Waals surface area (Å²) in [6.45, 7) is 8.66. The number of piperidine rings is 1. The number of aromatic nitrogens is 2. The third kappa shape index (κ3) is 3.97. The first kappa shape index (κ1) is 20.1. The summed E-state index contributed by atoms with van der Waals surface area (Å²) in [5, 5.41) is 13.7. The fraction of sp³-hybridized carbons (Fsp3) is 0.619. The minimum Gasteiger partial charge on any atom is -0.453 e. The number of morpholine rings is 1. The first-order valence-electron chi connectivity index (χ1n) is 10.2. The molecule has 0 aliphatic carbocycles. The standard InChI is InChI=1S/C21H30N4O4/c1-15-18(16(2)23(3)22-15)12-24-10-11-28-21(14-24)6-8-25(9-7-21)20(27)19-5-4-17(13-26)29-19/h4-5,26H,6-14H2,1-3H3. The predicted octanol–water partition coefficient (Wildman–Crippen LogP) is 1.63. The van der Waals surface area contributed by atoms with E-state index in [0.717, 1.165) is 38.2 Å². The third-order valence-corrected chi connectivity index (χ3v) is 6.36. The van der Waals surface area contributed by atoms with Crippen LogP contribution in [0.1, 0.15) is 46.1 Å². The minimum atomic E-state index is -0.198. The summed E-state index contributed by atoms with van der Waals surface area (Å²) in [6, 6.07) is 3.28. The molecule has 2 saturated heterocycles. The van der Waals surface area contributed by atoms with Crippen molar-refractivity contribution < 1.29 is 19.1 Å². The molecule has 0 atom stereocenters. The number of hydrogen-bond acceptors (Lipinski definition) is 6. The molecule has 2 aliphatic rings. The molecule has 1 amide bonds. The quantitative estimate of drug-likeness (QED) is 0.837. The van der Waals surface area contributed by atoms with Crippen molar-refractivity contribution >= 4 is 5.91 Å². The number of carbonyl (C=O) groups excluding carboxylic acids is 1. The molecule has 29 heavy (non-hydrogen) atoms. The highest BCUT2D eigenvalue weighted by molar-refractivity contribution is 5.91. The Morgan fingerprint density at radius 2 is 2.00 bits per heavy atom. The van der Waals surface area contributed by atoms with Crippen LogP contribution < -0.4 is 0 Å². The molecule has 158 valence electrons. The number of amides is 1. The van der Waals surface area contributed by atoms with Crippen LogP contribution in [0.2, 0.25) is 0 Å². The van der Waals surface area contributed by atoms with E-state index in [1.807, 2.05) is 16.6 Å². The van der Waals surface area contributed by atoms with Gasteiger partial charge >= 0.3 is 0 Å². The lowest BCUT2D eigenvalue weighted by Crippen LogP contribution is -2.57. The van der Waals surface area contributed by atoms with Crippen molar-refractivity contribution in [3.63, 3.8) is 0 Å². The molecule has 4 rings (SSSR count). The lowest BCUT2D eigenvalue weighted by atomic mass is 9.89. The van der Waals surface area contributed by atoms with Crippen molar-refractivity contribution in [2.75, 3.05) is 32.8 Å². The van der Waals surface area contributed by atoms with Gasteiger partial charge in [-0.25, -0.2) is 0 Å². The summed E-state index contributed by atoms with van der Waals surface area (Å²) in [7, 11) is 1.99. The Bertz CT molecular complexity index is 879. The normalized spacial score (nSPS) is 19.8. The summed E-state index contributed by atoms with van der Waals surface area (Å²) in [4.78, 5) is 17.0. The van der Waals surface area contributed by atoms with E-state index < -0.39 is 0 Å². The van der Waals surface area contributed by atoms with Crippen LogP contribution in [0.25, 0.3) is 0 Å². The van der Waals surface area contributed by atoms with Crippen molar-refractivity contribution in [1.82, 2.24) is 19.6 Å². The molecule has 0 unspecified atom stereocenters. The van der Waals surface area contributed by atoms with Crippen molar-refractivity contribution in [2.24, 2.45) is 7.05 Å². The molecule has 0 aromatic carbocycles. The largest absolute Gasteiger partial charge is 0.453 e. The van der Waals surface area contributed by atoms with Crippen LogP contribution in [0.3, 0.4) is 0 Å². The Labute approximate surface area is 171 Å². The molecule has 2 aromatic rings. The first-order valence-corrected chi connectivity index (χ1v) is 10.2. The van der Waals surface area contributed by atoms with Gasteiger partial charge in [-0.05, 0) is 38.8 Å². The van der Waals surface area contributed by atoms with E-state index in [0.29, 0.717) is 31.2 Å². The van der Waals surface area contributed by atoms with Gasteiger partial charge < -0.3 is 19.2 Å². The highest BCUT2D eigenvalue weighted by Gasteiger charge is 2.41. The zero-order valence-electron chi connectivity index (χ0n) is 17.5. The summed E-state index contributed by atoms with van der Waals surface area (Å²) in [6.07, 6.45) is 1.63. The molecular weight excluding hydrogens is 372 g/mol. The summed E-state index contributed by atoms with van der Waals surface area (Å²) >= 11 is 0. The number of aryl methyl sites for hydroxylation is 2. The highest BCUT2D eigenvalue weighted by Crippen LogP contribution is 2.32. The lowest BCUT2D eigenvalue weighted by molar-refractivity contribution is -0.134.